The minimum Gasteiger partial charge on any atom is -0.354 e. The van der Waals surface area contributed by atoms with Gasteiger partial charge in [-0.1, -0.05) is 67.4 Å². The number of amides is 2. The third-order valence-electron chi connectivity index (χ3n) is 6.53. The maximum absolute atomic E-state index is 14.6. The van der Waals surface area contributed by atoms with E-state index in [1.807, 2.05) is 19.9 Å². The van der Waals surface area contributed by atoms with Crippen LogP contribution in [0.15, 0.2) is 77.7 Å². The Morgan fingerprint density at radius 3 is 2.28 bits per heavy atom. The molecule has 1 N–H and O–H groups in total. The van der Waals surface area contributed by atoms with Crippen LogP contribution >= 0.6 is 0 Å². The first-order valence-corrected chi connectivity index (χ1v) is 14.5. The van der Waals surface area contributed by atoms with Crippen LogP contribution < -0.4 is 9.62 Å². The first-order chi connectivity index (χ1) is 18.6. The van der Waals surface area contributed by atoms with E-state index in [2.05, 4.69) is 5.32 Å². The van der Waals surface area contributed by atoms with Gasteiger partial charge in [0.25, 0.3) is 10.0 Å². The fourth-order valence-corrected chi connectivity index (χ4v) is 5.75. The zero-order valence-corrected chi connectivity index (χ0v) is 23.7. The van der Waals surface area contributed by atoms with Crippen LogP contribution in [0.2, 0.25) is 0 Å². The average molecular weight is 554 g/mol. The number of rotatable bonds is 12. The summed E-state index contributed by atoms with van der Waals surface area (Å²) < 4.78 is 43.3. The molecule has 39 heavy (non-hydrogen) atoms. The lowest BCUT2D eigenvalue weighted by Crippen LogP contribution is -2.51. The van der Waals surface area contributed by atoms with Crippen molar-refractivity contribution in [2.24, 2.45) is 0 Å². The highest BCUT2D eigenvalue weighted by molar-refractivity contribution is 7.92. The van der Waals surface area contributed by atoms with E-state index in [4.69, 9.17) is 0 Å². The fraction of sp³-hybridized carbons (Fsp3) is 0.333. The van der Waals surface area contributed by atoms with Crippen molar-refractivity contribution in [2.75, 3.05) is 17.4 Å². The molecule has 0 saturated heterocycles. The Labute approximate surface area is 230 Å². The molecule has 0 aromatic heterocycles. The molecule has 0 spiro atoms. The standard InChI is InChI=1S/C30H36FN3O4S/c1-5-6-18-32-30(36)24(4)33(20-25-12-10-11-15-27(25)31)29(35)21-34(28-17-16-22(2)19-23(28)3)39(37,38)26-13-8-7-9-14-26/h7-17,19,24H,5-6,18,20-21H2,1-4H3,(H,32,36)/t24-/m0/s1. The smallest absolute Gasteiger partial charge is 0.264 e. The molecule has 0 saturated carbocycles. The molecular formula is C30H36FN3O4S. The molecule has 0 unspecified atom stereocenters. The number of nitrogens with zero attached hydrogens (tertiary/aromatic N) is 2. The van der Waals surface area contributed by atoms with Gasteiger partial charge in [0.15, 0.2) is 0 Å². The van der Waals surface area contributed by atoms with Gasteiger partial charge in [0.05, 0.1) is 10.6 Å². The highest BCUT2D eigenvalue weighted by Gasteiger charge is 2.33. The van der Waals surface area contributed by atoms with E-state index in [0.717, 1.165) is 22.7 Å². The first-order valence-electron chi connectivity index (χ1n) is 13.0. The van der Waals surface area contributed by atoms with E-state index in [1.54, 1.807) is 62.4 Å². The highest BCUT2D eigenvalue weighted by atomic mass is 32.2. The normalized spacial score (nSPS) is 12.0. The Hall–Kier alpha value is -3.72. The van der Waals surface area contributed by atoms with E-state index >= 15 is 0 Å². The van der Waals surface area contributed by atoms with Crippen molar-refractivity contribution in [1.29, 1.82) is 0 Å². The van der Waals surface area contributed by atoms with Crippen molar-refractivity contribution < 1.29 is 22.4 Å². The average Bonchev–Trinajstić information content (AvgIpc) is 2.91. The van der Waals surface area contributed by atoms with Crippen molar-refractivity contribution in [3.63, 3.8) is 0 Å². The fourth-order valence-electron chi connectivity index (χ4n) is 4.25. The summed E-state index contributed by atoms with van der Waals surface area (Å²) >= 11 is 0. The number of hydrogen-bond acceptors (Lipinski definition) is 4. The summed E-state index contributed by atoms with van der Waals surface area (Å²) in [7, 11) is -4.15. The summed E-state index contributed by atoms with van der Waals surface area (Å²) in [6.07, 6.45) is 1.66. The second-order valence-electron chi connectivity index (χ2n) is 9.55. The Balaban J connectivity index is 2.03. The molecule has 0 aliphatic rings. The molecule has 3 rings (SSSR count). The molecule has 0 aliphatic heterocycles. The van der Waals surface area contributed by atoms with Gasteiger partial charge in [-0.3, -0.25) is 13.9 Å². The molecule has 208 valence electrons. The Morgan fingerprint density at radius 2 is 1.64 bits per heavy atom. The summed E-state index contributed by atoms with van der Waals surface area (Å²) in [6.45, 7) is 6.92. The van der Waals surface area contributed by atoms with Gasteiger partial charge in [0.2, 0.25) is 11.8 Å². The molecule has 1 atom stereocenters. The third kappa shape index (κ3) is 7.44. The van der Waals surface area contributed by atoms with Crippen molar-refractivity contribution in [2.45, 2.75) is 58.0 Å². The molecule has 7 nitrogen and oxygen atoms in total. The van der Waals surface area contributed by atoms with Gasteiger partial charge in [-0.05, 0) is 57.0 Å². The second kappa shape index (κ2) is 13.4. The number of nitrogens with one attached hydrogen (secondary N) is 1. The quantitative estimate of drug-likeness (QED) is 0.321. The van der Waals surface area contributed by atoms with Gasteiger partial charge >= 0.3 is 0 Å². The zero-order chi connectivity index (χ0) is 28.6. The van der Waals surface area contributed by atoms with Crippen LogP contribution in [0.3, 0.4) is 0 Å². The summed E-state index contributed by atoms with van der Waals surface area (Å²) in [5, 5.41) is 2.82. The predicted molar refractivity (Wildman–Crippen MR) is 151 cm³/mol. The van der Waals surface area contributed by atoms with Crippen LogP contribution in [-0.4, -0.2) is 44.3 Å². The number of carbonyl (C=O) groups excluding carboxylic acids is 2. The van der Waals surface area contributed by atoms with Crippen molar-refractivity contribution in [1.82, 2.24) is 10.2 Å². The molecular weight excluding hydrogens is 517 g/mol. The Bertz CT molecular complexity index is 1400. The van der Waals surface area contributed by atoms with Crippen LogP contribution in [-0.2, 0) is 26.2 Å². The lowest BCUT2D eigenvalue weighted by Gasteiger charge is -2.32. The van der Waals surface area contributed by atoms with E-state index < -0.39 is 40.2 Å². The maximum atomic E-state index is 14.6. The van der Waals surface area contributed by atoms with Crippen molar-refractivity contribution in [3.05, 3.63) is 95.3 Å². The number of hydrogen-bond donors (Lipinski definition) is 1. The van der Waals surface area contributed by atoms with Gasteiger partial charge in [-0.15, -0.1) is 0 Å². The number of carbonyl (C=O) groups is 2. The Morgan fingerprint density at radius 1 is 0.974 bits per heavy atom. The lowest BCUT2D eigenvalue weighted by atomic mass is 10.1. The predicted octanol–water partition coefficient (Wildman–Crippen LogP) is 4.97. The van der Waals surface area contributed by atoms with Gasteiger partial charge in [0, 0.05) is 18.7 Å². The number of halogens is 1. The summed E-state index contributed by atoms with van der Waals surface area (Å²) in [6, 6.07) is 18.2. The van der Waals surface area contributed by atoms with Gasteiger partial charge < -0.3 is 10.2 Å². The number of aryl methyl sites for hydroxylation is 2. The molecule has 0 aliphatic carbocycles. The molecule has 3 aromatic rings. The van der Waals surface area contributed by atoms with Crippen LogP contribution in [0.4, 0.5) is 10.1 Å². The molecule has 2 amide bonds. The second-order valence-corrected chi connectivity index (χ2v) is 11.4. The zero-order valence-electron chi connectivity index (χ0n) is 22.9. The third-order valence-corrected chi connectivity index (χ3v) is 8.30. The van der Waals surface area contributed by atoms with E-state index in [-0.39, 0.29) is 17.0 Å². The lowest BCUT2D eigenvalue weighted by molar-refractivity contribution is -0.139. The topological polar surface area (TPSA) is 86.8 Å². The molecule has 9 heteroatoms. The monoisotopic (exact) mass is 553 g/mol. The van der Waals surface area contributed by atoms with Crippen LogP contribution in [0.25, 0.3) is 0 Å². The minimum absolute atomic E-state index is 0.0313. The number of unbranched alkanes of at least 4 members (excludes halogenated alkanes) is 1. The van der Waals surface area contributed by atoms with Crippen LogP contribution in [0.1, 0.15) is 43.4 Å². The summed E-state index contributed by atoms with van der Waals surface area (Å²) in [4.78, 5) is 28.1. The van der Waals surface area contributed by atoms with Crippen LogP contribution in [0.5, 0.6) is 0 Å². The summed E-state index contributed by atoms with van der Waals surface area (Å²) in [5.41, 5.74) is 2.19. The molecule has 0 heterocycles. The minimum atomic E-state index is -4.15. The molecule has 0 radical (unpaired) electrons. The maximum Gasteiger partial charge on any atom is 0.264 e. The largest absolute Gasteiger partial charge is 0.354 e. The summed E-state index contributed by atoms with van der Waals surface area (Å²) in [5.74, 6) is -1.54. The van der Waals surface area contributed by atoms with E-state index in [0.29, 0.717) is 17.8 Å². The Kier molecular flexibility index (Phi) is 10.2. The number of benzene rings is 3. The molecule has 3 aromatic carbocycles. The van der Waals surface area contributed by atoms with Crippen LogP contribution in [0, 0.1) is 19.7 Å². The van der Waals surface area contributed by atoms with E-state index in [1.165, 1.54) is 23.1 Å². The number of anilines is 1. The van der Waals surface area contributed by atoms with E-state index in [9.17, 15) is 22.4 Å². The van der Waals surface area contributed by atoms with Gasteiger partial charge in [-0.25, -0.2) is 12.8 Å². The first kappa shape index (κ1) is 29.8. The van der Waals surface area contributed by atoms with Gasteiger partial charge in [-0.2, -0.15) is 0 Å². The molecule has 0 bridgehead atoms. The van der Waals surface area contributed by atoms with Gasteiger partial charge in [0.1, 0.15) is 18.4 Å². The molecule has 0 fully saturated rings. The highest BCUT2D eigenvalue weighted by Crippen LogP contribution is 2.28. The van der Waals surface area contributed by atoms with Crippen molar-refractivity contribution in [3.8, 4) is 0 Å². The van der Waals surface area contributed by atoms with Crippen molar-refractivity contribution >= 4 is 27.5 Å². The SMILES string of the molecule is CCCCNC(=O)[C@H](C)N(Cc1ccccc1F)C(=O)CN(c1ccc(C)cc1C)S(=O)(=O)c1ccccc1. The number of sulfonamides is 1.